The van der Waals surface area contributed by atoms with Crippen molar-refractivity contribution in [1.82, 2.24) is 15.3 Å². The third-order valence-electron chi connectivity index (χ3n) is 3.73. The lowest BCUT2D eigenvalue weighted by atomic mass is 10.2. The molecule has 2 amide bonds. The van der Waals surface area contributed by atoms with E-state index in [-0.39, 0.29) is 6.03 Å². The van der Waals surface area contributed by atoms with Crippen molar-refractivity contribution in [3.05, 3.63) is 72.4 Å². The molecule has 1 aliphatic rings. The van der Waals surface area contributed by atoms with Crippen molar-refractivity contribution >= 4 is 29.2 Å². The van der Waals surface area contributed by atoms with E-state index in [0.29, 0.717) is 18.3 Å². The predicted molar refractivity (Wildman–Crippen MR) is 92.6 cm³/mol. The molecule has 2 aromatic carbocycles. The van der Waals surface area contributed by atoms with Crippen molar-refractivity contribution in [2.24, 2.45) is 0 Å². The highest BCUT2D eigenvalue weighted by atomic mass is 16.2. The van der Waals surface area contributed by atoms with Crippen molar-refractivity contribution < 1.29 is 4.79 Å². The third kappa shape index (κ3) is 2.65. The Morgan fingerprint density at radius 2 is 1.71 bits per heavy atom. The maximum absolute atomic E-state index is 12.4. The number of fused-ring (bicyclic) bond motifs is 1. The molecular formula is C18H15N5O. The second kappa shape index (κ2) is 6.00. The molecular weight excluding hydrogens is 302 g/mol. The van der Waals surface area contributed by atoms with Gasteiger partial charge in [0.1, 0.15) is 0 Å². The third-order valence-corrected chi connectivity index (χ3v) is 3.73. The number of carbonyl (C=O) groups excluding carboxylic acids is 1. The number of anilines is 4. The number of nitrogens with one attached hydrogen (secondary N) is 2. The number of amides is 2. The van der Waals surface area contributed by atoms with E-state index in [4.69, 9.17) is 0 Å². The van der Waals surface area contributed by atoms with E-state index in [1.807, 2.05) is 60.7 Å². The van der Waals surface area contributed by atoms with Gasteiger partial charge in [0.05, 0.1) is 5.69 Å². The van der Waals surface area contributed by atoms with Crippen LogP contribution < -0.4 is 15.5 Å². The summed E-state index contributed by atoms with van der Waals surface area (Å²) in [5.74, 6) is 1.05. The molecule has 0 bridgehead atoms. The molecule has 0 fully saturated rings. The van der Waals surface area contributed by atoms with E-state index >= 15 is 0 Å². The highest BCUT2D eigenvalue weighted by molar-refractivity contribution is 6.00. The SMILES string of the molecule is O=C1NCc2cnc(Nc3ccccc3)nc2N1c1ccccc1. The van der Waals surface area contributed by atoms with Crippen LogP contribution in [0.4, 0.5) is 27.9 Å². The van der Waals surface area contributed by atoms with Crippen molar-refractivity contribution in [2.75, 3.05) is 10.2 Å². The van der Waals surface area contributed by atoms with E-state index in [1.165, 1.54) is 0 Å². The zero-order valence-corrected chi connectivity index (χ0v) is 12.8. The van der Waals surface area contributed by atoms with Gasteiger partial charge in [0.15, 0.2) is 5.82 Å². The Hall–Kier alpha value is -3.41. The number of para-hydroxylation sites is 2. The van der Waals surface area contributed by atoms with Crippen LogP contribution in [0.5, 0.6) is 0 Å². The largest absolute Gasteiger partial charge is 0.333 e. The van der Waals surface area contributed by atoms with Gasteiger partial charge in [-0.3, -0.25) is 0 Å². The Bertz CT molecular complexity index is 867. The van der Waals surface area contributed by atoms with Crippen molar-refractivity contribution in [3.63, 3.8) is 0 Å². The maximum atomic E-state index is 12.4. The molecule has 0 radical (unpaired) electrons. The normalized spacial score (nSPS) is 13.2. The summed E-state index contributed by atoms with van der Waals surface area (Å²) in [6.07, 6.45) is 1.74. The molecule has 0 saturated heterocycles. The molecule has 2 N–H and O–H groups in total. The van der Waals surface area contributed by atoms with Gasteiger partial charge in [0.25, 0.3) is 0 Å². The van der Waals surface area contributed by atoms with E-state index in [0.717, 1.165) is 16.9 Å². The minimum absolute atomic E-state index is 0.196. The first-order valence-corrected chi connectivity index (χ1v) is 7.62. The van der Waals surface area contributed by atoms with Gasteiger partial charge >= 0.3 is 6.03 Å². The zero-order valence-electron chi connectivity index (χ0n) is 12.8. The maximum Gasteiger partial charge on any atom is 0.327 e. The van der Waals surface area contributed by atoms with Crippen LogP contribution in [0.15, 0.2) is 66.9 Å². The lowest BCUT2D eigenvalue weighted by Gasteiger charge is -2.28. The summed E-state index contributed by atoms with van der Waals surface area (Å²) in [5, 5.41) is 6.00. The molecule has 118 valence electrons. The second-order valence-corrected chi connectivity index (χ2v) is 5.36. The number of hydrogen-bond donors (Lipinski definition) is 2. The van der Waals surface area contributed by atoms with Gasteiger partial charge in [-0.25, -0.2) is 14.7 Å². The van der Waals surface area contributed by atoms with Crippen LogP contribution in [-0.4, -0.2) is 16.0 Å². The summed E-state index contributed by atoms with van der Waals surface area (Å²) in [6.45, 7) is 0.420. The summed E-state index contributed by atoms with van der Waals surface area (Å²) < 4.78 is 0. The van der Waals surface area contributed by atoms with Crippen molar-refractivity contribution in [2.45, 2.75) is 6.54 Å². The topological polar surface area (TPSA) is 70.1 Å². The van der Waals surface area contributed by atoms with Crippen LogP contribution in [0.25, 0.3) is 0 Å². The van der Waals surface area contributed by atoms with Gasteiger partial charge in [-0.15, -0.1) is 0 Å². The summed E-state index contributed by atoms with van der Waals surface area (Å²) in [5.41, 5.74) is 2.53. The second-order valence-electron chi connectivity index (χ2n) is 5.36. The molecule has 24 heavy (non-hydrogen) atoms. The Balaban J connectivity index is 1.73. The molecule has 6 heteroatoms. The smallest absolute Gasteiger partial charge is 0.327 e. The molecule has 0 spiro atoms. The number of urea groups is 1. The first-order valence-electron chi connectivity index (χ1n) is 7.62. The molecule has 0 unspecified atom stereocenters. The molecule has 0 aliphatic carbocycles. The number of rotatable bonds is 3. The summed E-state index contributed by atoms with van der Waals surface area (Å²) in [6, 6.07) is 18.9. The monoisotopic (exact) mass is 317 g/mol. The molecule has 3 aromatic rings. The van der Waals surface area contributed by atoms with Gasteiger partial charge in [-0.05, 0) is 24.3 Å². The lowest BCUT2D eigenvalue weighted by Crippen LogP contribution is -2.41. The van der Waals surface area contributed by atoms with Gasteiger partial charge < -0.3 is 10.6 Å². The molecule has 0 saturated carbocycles. The molecule has 6 nitrogen and oxygen atoms in total. The average Bonchev–Trinajstić information content (AvgIpc) is 2.63. The fourth-order valence-electron chi connectivity index (χ4n) is 2.59. The van der Waals surface area contributed by atoms with Crippen LogP contribution in [-0.2, 0) is 6.54 Å². The van der Waals surface area contributed by atoms with Gasteiger partial charge in [0, 0.05) is 24.0 Å². The van der Waals surface area contributed by atoms with Crippen molar-refractivity contribution in [1.29, 1.82) is 0 Å². The minimum atomic E-state index is -0.196. The average molecular weight is 317 g/mol. The van der Waals surface area contributed by atoms with Crippen LogP contribution >= 0.6 is 0 Å². The molecule has 0 atom stereocenters. The summed E-state index contributed by atoms with van der Waals surface area (Å²) >= 11 is 0. The van der Waals surface area contributed by atoms with Crippen LogP contribution in [0, 0.1) is 0 Å². The first kappa shape index (κ1) is 14.2. The van der Waals surface area contributed by atoms with E-state index < -0.39 is 0 Å². The Kier molecular flexibility index (Phi) is 3.55. The number of carbonyl (C=O) groups is 1. The molecule has 1 aromatic heterocycles. The quantitative estimate of drug-likeness (QED) is 0.774. The zero-order chi connectivity index (χ0) is 16.4. The Morgan fingerprint density at radius 1 is 1.00 bits per heavy atom. The van der Waals surface area contributed by atoms with Gasteiger partial charge in [-0.1, -0.05) is 36.4 Å². The molecule has 2 heterocycles. The predicted octanol–water partition coefficient (Wildman–Crippen LogP) is 3.58. The summed E-state index contributed by atoms with van der Waals surface area (Å²) in [7, 11) is 0. The molecule has 4 rings (SSSR count). The number of nitrogens with zero attached hydrogens (tertiary/aromatic N) is 3. The van der Waals surface area contributed by atoms with E-state index in [9.17, 15) is 4.79 Å². The van der Waals surface area contributed by atoms with Crippen LogP contribution in [0.3, 0.4) is 0 Å². The highest BCUT2D eigenvalue weighted by Gasteiger charge is 2.27. The lowest BCUT2D eigenvalue weighted by molar-refractivity contribution is 0.247. The minimum Gasteiger partial charge on any atom is -0.333 e. The summed E-state index contributed by atoms with van der Waals surface area (Å²) in [4.78, 5) is 22.8. The fourth-order valence-corrected chi connectivity index (χ4v) is 2.59. The Labute approximate surface area is 139 Å². The van der Waals surface area contributed by atoms with E-state index in [1.54, 1.807) is 11.1 Å². The number of benzene rings is 2. The van der Waals surface area contributed by atoms with Crippen molar-refractivity contribution in [3.8, 4) is 0 Å². The van der Waals surface area contributed by atoms with Crippen LogP contribution in [0.2, 0.25) is 0 Å². The van der Waals surface area contributed by atoms with Gasteiger partial charge in [0.2, 0.25) is 5.95 Å². The first-order chi connectivity index (χ1) is 11.8. The number of aromatic nitrogens is 2. The Morgan fingerprint density at radius 3 is 2.46 bits per heavy atom. The fraction of sp³-hybridized carbons (Fsp3) is 0.0556. The highest BCUT2D eigenvalue weighted by Crippen LogP contribution is 2.30. The number of hydrogen-bond acceptors (Lipinski definition) is 4. The van der Waals surface area contributed by atoms with Crippen LogP contribution in [0.1, 0.15) is 5.56 Å². The molecule has 1 aliphatic heterocycles. The standard InChI is InChI=1S/C18H15N5O/c24-18-20-12-13-11-19-17(21-14-7-3-1-4-8-14)22-16(13)23(18)15-9-5-2-6-10-15/h1-11H,12H2,(H,20,24)(H,19,21,22). The van der Waals surface area contributed by atoms with E-state index in [2.05, 4.69) is 20.6 Å². The van der Waals surface area contributed by atoms with Gasteiger partial charge in [-0.2, -0.15) is 4.98 Å².